The van der Waals surface area contributed by atoms with Gasteiger partial charge in [0.2, 0.25) is 10.0 Å². The van der Waals surface area contributed by atoms with Crippen LogP contribution in [0.4, 0.5) is 0 Å². The van der Waals surface area contributed by atoms with Gasteiger partial charge in [-0.3, -0.25) is 4.79 Å². The topological polar surface area (TPSA) is 89.3 Å². The summed E-state index contributed by atoms with van der Waals surface area (Å²) in [4.78, 5) is 12.6. The van der Waals surface area contributed by atoms with Crippen molar-refractivity contribution in [2.75, 3.05) is 0 Å². The van der Waals surface area contributed by atoms with Gasteiger partial charge in [-0.2, -0.15) is 0 Å². The number of amides is 1. The van der Waals surface area contributed by atoms with Crippen molar-refractivity contribution in [3.8, 4) is 0 Å². The third kappa shape index (κ3) is 4.08. The Morgan fingerprint density at radius 1 is 1.04 bits per heavy atom. The molecule has 0 bridgehead atoms. The average molecular weight is 358 g/mol. The van der Waals surface area contributed by atoms with E-state index in [9.17, 15) is 13.2 Å². The number of benzene rings is 2. The van der Waals surface area contributed by atoms with Crippen molar-refractivity contribution in [3.63, 3.8) is 0 Å². The third-order valence-electron chi connectivity index (χ3n) is 4.67. The summed E-state index contributed by atoms with van der Waals surface area (Å²) in [6, 6.07) is 11.9. The van der Waals surface area contributed by atoms with E-state index in [1.54, 1.807) is 12.1 Å². The van der Waals surface area contributed by atoms with Crippen LogP contribution < -0.4 is 10.5 Å². The molecule has 3 N–H and O–H groups in total. The molecule has 0 aromatic heterocycles. The Morgan fingerprint density at radius 2 is 1.68 bits per heavy atom. The van der Waals surface area contributed by atoms with Crippen molar-refractivity contribution in [1.82, 2.24) is 5.32 Å². The van der Waals surface area contributed by atoms with E-state index in [0.717, 1.165) is 18.4 Å². The Labute approximate surface area is 148 Å². The summed E-state index contributed by atoms with van der Waals surface area (Å²) in [6.07, 6.45) is 4.50. The normalized spacial score (nSPS) is 15.3. The third-order valence-corrected chi connectivity index (χ3v) is 5.60. The highest BCUT2D eigenvalue weighted by Crippen LogP contribution is 2.23. The van der Waals surface area contributed by atoms with Crippen LogP contribution in [0.3, 0.4) is 0 Å². The van der Waals surface area contributed by atoms with Gasteiger partial charge in [0.1, 0.15) is 0 Å². The van der Waals surface area contributed by atoms with E-state index in [4.69, 9.17) is 5.14 Å². The number of fused-ring (bicyclic) bond motifs is 1. The van der Waals surface area contributed by atoms with Crippen molar-refractivity contribution in [2.45, 2.75) is 43.5 Å². The zero-order valence-corrected chi connectivity index (χ0v) is 15.0. The van der Waals surface area contributed by atoms with E-state index >= 15 is 0 Å². The summed E-state index contributed by atoms with van der Waals surface area (Å²) in [7, 11) is -3.71. The molecule has 0 fully saturated rings. The second-order valence-electron chi connectivity index (χ2n) is 6.50. The lowest BCUT2D eigenvalue weighted by atomic mass is 9.90. The van der Waals surface area contributed by atoms with Crippen LogP contribution >= 0.6 is 0 Å². The Morgan fingerprint density at radius 3 is 2.32 bits per heavy atom. The monoisotopic (exact) mass is 358 g/mol. The standard InChI is InChI=1S/C19H22N2O3S/c1-13(14-8-10-18(11-9-14)25(20,23)24)21-19(22)17-7-6-15-4-2-3-5-16(15)12-17/h6-13H,2-5H2,1H3,(H,21,22)(H2,20,23,24)/t13-/m0/s1. The molecule has 6 heteroatoms. The van der Waals surface area contributed by atoms with Crippen LogP contribution in [0.1, 0.15) is 52.9 Å². The van der Waals surface area contributed by atoms with Gasteiger partial charge in [0, 0.05) is 5.56 Å². The van der Waals surface area contributed by atoms with Gasteiger partial charge in [-0.25, -0.2) is 13.6 Å². The number of sulfonamides is 1. The number of rotatable bonds is 4. The first-order valence-electron chi connectivity index (χ1n) is 8.40. The van der Waals surface area contributed by atoms with E-state index < -0.39 is 10.0 Å². The zero-order chi connectivity index (χ0) is 18.0. The number of carbonyl (C=O) groups excluding carboxylic acids is 1. The molecule has 1 amide bonds. The molecule has 1 aliphatic rings. The zero-order valence-electron chi connectivity index (χ0n) is 14.2. The van der Waals surface area contributed by atoms with Crippen molar-refractivity contribution in [3.05, 3.63) is 64.7 Å². The summed E-state index contributed by atoms with van der Waals surface area (Å²) in [5.41, 5.74) is 4.09. The first-order valence-corrected chi connectivity index (χ1v) is 9.94. The van der Waals surface area contributed by atoms with E-state index in [2.05, 4.69) is 11.4 Å². The van der Waals surface area contributed by atoms with Gasteiger partial charge >= 0.3 is 0 Å². The molecule has 0 spiro atoms. The minimum Gasteiger partial charge on any atom is -0.346 e. The highest BCUT2D eigenvalue weighted by atomic mass is 32.2. The second-order valence-corrected chi connectivity index (χ2v) is 8.06. The quantitative estimate of drug-likeness (QED) is 0.880. The Hall–Kier alpha value is -2.18. The average Bonchev–Trinajstić information content (AvgIpc) is 2.60. The molecule has 2 aromatic carbocycles. The summed E-state index contributed by atoms with van der Waals surface area (Å²) >= 11 is 0. The van der Waals surface area contributed by atoms with Crippen molar-refractivity contribution >= 4 is 15.9 Å². The van der Waals surface area contributed by atoms with Gasteiger partial charge in [-0.05, 0) is 73.6 Å². The molecule has 1 atom stereocenters. The summed E-state index contributed by atoms with van der Waals surface area (Å²) in [5.74, 6) is -0.128. The molecular formula is C19H22N2O3S. The predicted octanol–water partition coefficient (Wildman–Crippen LogP) is 2.70. The van der Waals surface area contributed by atoms with E-state index in [1.165, 1.54) is 36.1 Å². The number of hydrogen-bond acceptors (Lipinski definition) is 3. The van der Waals surface area contributed by atoms with Crippen LogP contribution in [-0.2, 0) is 22.9 Å². The first kappa shape index (κ1) is 17.6. The molecule has 0 heterocycles. The van der Waals surface area contributed by atoms with Crippen LogP contribution in [-0.4, -0.2) is 14.3 Å². The number of nitrogens with two attached hydrogens (primary N) is 1. The lowest BCUT2D eigenvalue weighted by Gasteiger charge is -2.18. The Kier molecular flexibility index (Phi) is 4.92. The number of nitrogens with one attached hydrogen (secondary N) is 1. The summed E-state index contributed by atoms with van der Waals surface area (Å²) < 4.78 is 22.6. The van der Waals surface area contributed by atoms with Crippen molar-refractivity contribution in [2.24, 2.45) is 5.14 Å². The van der Waals surface area contributed by atoms with E-state index in [-0.39, 0.29) is 16.8 Å². The fourth-order valence-electron chi connectivity index (χ4n) is 3.18. The molecule has 0 saturated heterocycles. The van der Waals surface area contributed by atoms with Crippen LogP contribution in [0, 0.1) is 0 Å². The highest BCUT2D eigenvalue weighted by Gasteiger charge is 2.16. The Bertz CT molecular complexity index is 889. The number of primary sulfonamides is 1. The van der Waals surface area contributed by atoms with Crippen LogP contribution in [0.5, 0.6) is 0 Å². The fourth-order valence-corrected chi connectivity index (χ4v) is 3.70. The van der Waals surface area contributed by atoms with E-state index in [0.29, 0.717) is 5.56 Å². The fraction of sp³-hybridized carbons (Fsp3) is 0.316. The minimum absolute atomic E-state index is 0.0597. The van der Waals surface area contributed by atoms with Crippen LogP contribution in [0.2, 0.25) is 0 Å². The molecule has 0 aliphatic heterocycles. The molecule has 1 aliphatic carbocycles. The van der Waals surface area contributed by atoms with Crippen LogP contribution in [0.15, 0.2) is 47.4 Å². The maximum Gasteiger partial charge on any atom is 0.251 e. The molecule has 0 unspecified atom stereocenters. The number of carbonyl (C=O) groups is 1. The van der Waals surface area contributed by atoms with Crippen molar-refractivity contribution in [1.29, 1.82) is 0 Å². The van der Waals surface area contributed by atoms with Crippen molar-refractivity contribution < 1.29 is 13.2 Å². The SMILES string of the molecule is C[C@H](NC(=O)c1ccc2c(c1)CCCC2)c1ccc(S(N)(=O)=O)cc1. The molecule has 0 radical (unpaired) electrons. The largest absolute Gasteiger partial charge is 0.346 e. The molecule has 5 nitrogen and oxygen atoms in total. The van der Waals surface area contributed by atoms with E-state index in [1.807, 2.05) is 19.1 Å². The second kappa shape index (κ2) is 6.98. The molecule has 25 heavy (non-hydrogen) atoms. The van der Waals surface area contributed by atoms with Gasteiger partial charge < -0.3 is 5.32 Å². The maximum absolute atomic E-state index is 12.5. The predicted molar refractivity (Wildman–Crippen MR) is 96.8 cm³/mol. The van der Waals surface area contributed by atoms with Gasteiger partial charge in [-0.1, -0.05) is 18.2 Å². The molecule has 132 valence electrons. The van der Waals surface area contributed by atoms with Gasteiger partial charge in [0.25, 0.3) is 5.91 Å². The van der Waals surface area contributed by atoms with Gasteiger partial charge in [0.05, 0.1) is 10.9 Å². The lowest BCUT2D eigenvalue weighted by molar-refractivity contribution is 0.0939. The van der Waals surface area contributed by atoms with Crippen LogP contribution in [0.25, 0.3) is 0 Å². The number of aryl methyl sites for hydroxylation is 2. The molecule has 2 aromatic rings. The highest BCUT2D eigenvalue weighted by molar-refractivity contribution is 7.89. The molecule has 3 rings (SSSR count). The first-order chi connectivity index (χ1) is 11.8. The summed E-state index contributed by atoms with van der Waals surface area (Å²) in [6.45, 7) is 1.86. The summed E-state index contributed by atoms with van der Waals surface area (Å²) in [5, 5.41) is 8.06. The smallest absolute Gasteiger partial charge is 0.251 e. The van der Waals surface area contributed by atoms with Gasteiger partial charge in [-0.15, -0.1) is 0 Å². The Balaban J connectivity index is 1.72. The minimum atomic E-state index is -3.71. The maximum atomic E-state index is 12.5. The lowest BCUT2D eigenvalue weighted by Crippen LogP contribution is -2.27. The number of hydrogen-bond donors (Lipinski definition) is 2. The molecule has 0 saturated carbocycles. The molecular weight excluding hydrogens is 336 g/mol. The van der Waals surface area contributed by atoms with Gasteiger partial charge in [0.15, 0.2) is 0 Å².